The molecular weight excluding hydrogens is 254 g/mol. The van der Waals surface area contributed by atoms with E-state index >= 15 is 0 Å². The largest absolute Gasteiger partial charge is 0.459 e. The van der Waals surface area contributed by atoms with Crippen LogP contribution in [0.1, 0.15) is 23.1 Å². The van der Waals surface area contributed by atoms with E-state index in [1.807, 2.05) is 36.6 Å². The molecule has 0 aliphatic heterocycles. The average Bonchev–Trinajstić information content (AvgIpc) is 3.08. The molecule has 3 heteroatoms. The summed E-state index contributed by atoms with van der Waals surface area (Å²) in [6.45, 7) is 0. The van der Waals surface area contributed by atoms with Gasteiger partial charge in [-0.15, -0.1) is 11.3 Å². The molecule has 3 rings (SSSR count). The molecule has 0 fully saturated rings. The van der Waals surface area contributed by atoms with Crippen molar-refractivity contribution in [2.45, 2.75) is 18.9 Å². The Kier molecular flexibility index (Phi) is 3.67. The van der Waals surface area contributed by atoms with Gasteiger partial charge < -0.3 is 9.73 Å². The number of furan rings is 1. The molecule has 0 aliphatic rings. The van der Waals surface area contributed by atoms with Gasteiger partial charge in [0.15, 0.2) is 0 Å². The number of rotatable bonds is 5. The maximum atomic E-state index is 5.93. The molecule has 0 bridgehead atoms. The minimum Gasteiger partial charge on any atom is -0.459 e. The lowest BCUT2D eigenvalue weighted by Gasteiger charge is -2.12. The number of nitrogens with one attached hydrogen (secondary N) is 1. The molecule has 1 N–H and O–H groups in total. The lowest BCUT2D eigenvalue weighted by Crippen LogP contribution is -2.16. The highest BCUT2D eigenvalue weighted by molar-refractivity contribution is 7.09. The summed E-state index contributed by atoms with van der Waals surface area (Å²) in [5, 5.41) is 6.66. The van der Waals surface area contributed by atoms with E-state index < -0.39 is 0 Å². The van der Waals surface area contributed by atoms with Crippen LogP contribution in [-0.4, -0.2) is 7.05 Å². The highest BCUT2D eigenvalue weighted by atomic mass is 32.1. The molecule has 0 spiro atoms. The lowest BCUT2D eigenvalue weighted by atomic mass is 10.1. The van der Waals surface area contributed by atoms with Crippen molar-refractivity contribution in [3.63, 3.8) is 0 Å². The Labute approximate surface area is 117 Å². The van der Waals surface area contributed by atoms with E-state index in [2.05, 4.69) is 35.0 Å². The summed E-state index contributed by atoms with van der Waals surface area (Å²) in [5.74, 6) is 1.03. The van der Waals surface area contributed by atoms with Gasteiger partial charge in [0.25, 0.3) is 0 Å². The molecular formula is C16H17NOS. The van der Waals surface area contributed by atoms with E-state index in [4.69, 9.17) is 4.42 Å². The van der Waals surface area contributed by atoms with Crippen molar-refractivity contribution in [1.82, 2.24) is 5.32 Å². The topological polar surface area (TPSA) is 25.2 Å². The van der Waals surface area contributed by atoms with Crippen LogP contribution in [0.3, 0.4) is 0 Å². The van der Waals surface area contributed by atoms with Gasteiger partial charge in [0.2, 0.25) is 0 Å². The summed E-state index contributed by atoms with van der Waals surface area (Å²) in [5.41, 5.74) is 0.967. The van der Waals surface area contributed by atoms with Crippen LogP contribution >= 0.6 is 11.3 Å². The molecule has 0 amide bonds. The van der Waals surface area contributed by atoms with Gasteiger partial charge in [0.05, 0.1) is 6.04 Å². The minimum absolute atomic E-state index is 0.273. The fourth-order valence-electron chi connectivity index (χ4n) is 2.34. The molecule has 3 aromatic rings. The van der Waals surface area contributed by atoms with Crippen LogP contribution < -0.4 is 5.32 Å². The van der Waals surface area contributed by atoms with Crippen molar-refractivity contribution in [1.29, 1.82) is 0 Å². The van der Waals surface area contributed by atoms with Gasteiger partial charge in [-0.2, -0.15) is 0 Å². The zero-order valence-electron chi connectivity index (χ0n) is 10.9. The standard InChI is InChI=1S/C16H17NOS/c1-17-14(9-8-13-6-4-10-19-13)16-11-12-5-2-3-7-15(12)18-16/h2-7,10-11,14,17H,8-9H2,1H3. The van der Waals surface area contributed by atoms with Crippen LogP contribution in [0, 0.1) is 0 Å². The first-order valence-corrected chi connectivity index (χ1v) is 7.43. The number of fused-ring (bicyclic) bond motifs is 1. The maximum absolute atomic E-state index is 5.93. The van der Waals surface area contributed by atoms with Crippen LogP contribution in [0.25, 0.3) is 11.0 Å². The highest BCUT2D eigenvalue weighted by Crippen LogP contribution is 2.26. The monoisotopic (exact) mass is 271 g/mol. The predicted molar refractivity (Wildman–Crippen MR) is 80.7 cm³/mol. The Bertz CT molecular complexity index is 609. The molecule has 2 aromatic heterocycles. The van der Waals surface area contributed by atoms with Crippen molar-refractivity contribution in [3.8, 4) is 0 Å². The first kappa shape index (κ1) is 12.5. The second-order valence-corrected chi connectivity index (χ2v) is 5.68. The van der Waals surface area contributed by atoms with Crippen molar-refractivity contribution >= 4 is 22.3 Å². The third-order valence-corrected chi connectivity index (χ3v) is 4.33. The Balaban J connectivity index is 1.77. The summed E-state index contributed by atoms with van der Waals surface area (Å²) in [6.07, 6.45) is 2.14. The lowest BCUT2D eigenvalue weighted by molar-refractivity contribution is 0.434. The number of hydrogen-bond acceptors (Lipinski definition) is 3. The van der Waals surface area contributed by atoms with Gasteiger partial charge in [-0.05, 0) is 43.5 Å². The zero-order chi connectivity index (χ0) is 13.1. The van der Waals surface area contributed by atoms with Crippen LogP contribution in [0.5, 0.6) is 0 Å². The molecule has 0 saturated carbocycles. The van der Waals surface area contributed by atoms with E-state index in [1.165, 1.54) is 10.3 Å². The average molecular weight is 271 g/mol. The first-order valence-electron chi connectivity index (χ1n) is 6.55. The van der Waals surface area contributed by atoms with Crippen LogP contribution in [0.4, 0.5) is 0 Å². The summed E-state index contributed by atoms with van der Waals surface area (Å²) < 4.78 is 5.93. The Morgan fingerprint density at radius 3 is 2.84 bits per heavy atom. The summed E-state index contributed by atoms with van der Waals surface area (Å²) >= 11 is 1.82. The Hall–Kier alpha value is -1.58. The van der Waals surface area contributed by atoms with Crippen LogP contribution in [-0.2, 0) is 6.42 Å². The second-order valence-electron chi connectivity index (χ2n) is 4.65. The molecule has 2 heterocycles. The summed E-state index contributed by atoms with van der Waals surface area (Å²) in [7, 11) is 1.99. The molecule has 0 aliphatic carbocycles. The maximum Gasteiger partial charge on any atom is 0.134 e. The van der Waals surface area contributed by atoms with Gasteiger partial charge >= 0.3 is 0 Å². The van der Waals surface area contributed by atoms with E-state index in [9.17, 15) is 0 Å². The number of benzene rings is 1. The first-order chi connectivity index (χ1) is 9.36. The molecule has 1 aromatic carbocycles. The normalized spacial score (nSPS) is 12.9. The Morgan fingerprint density at radius 1 is 1.21 bits per heavy atom. The fourth-order valence-corrected chi connectivity index (χ4v) is 3.07. The van der Waals surface area contributed by atoms with Gasteiger partial charge in [0, 0.05) is 10.3 Å². The number of para-hydroxylation sites is 1. The molecule has 0 radical (unpaired) electrons. The number of hydrogen-bond donors (Lipinski definition) is 1. The molecule has 0 saturated heterocycles. The third-order valence-electron chi connectivity index (χ3n) is 3.40. The molecule has 98 valence electrons. The second kappa shape index (κ2) is 5.59. The number of thiophene rings is 1. The van der Waals surface area contributed by atoms with Crippen LogP contribution in [0.15, 0.2) is 52.3 Å². The summed E-state index contributed by atoms with van der Waals surface area (Å²) in [6, 6.07) is 14.9. The van der Waals surface area contributed by atoms with E-state index in [0.717, 1.165) is 24.2 Å². The summed E-state index contributed by atoms with van der Waals surface area (Å²) in [4.78, 5) is 1.43. The predicted octanol–water partition coefficient (Wildman–Crippen LogP) is 4.39. The van der Waals surface area contributed by atoms with Gasteiger partial charge in [-0.1, -0.05) is 24.3 Å². The zero-order valence-corrected chi connectivity index (χ0v) is 11.7. The third kappa shape index (κ3) is 2.72. The molecule has 2 nitrogen and oxygen atoms in total. The molecule has 19 heavy (non-hydrogen) atoms. The van der Waals surface area contributed by atoms with Crippen LogP contribution in [0.2, 0.25) is 0 Å². The quantitative estimate of drug-likeness (QED) is 0.744. The smallest absolute Gasteiger partial charge is 0.134 e. The van der Waals surface area contributed by atoms with E-state index in [-0.39, 0.29) is 6.04 Å². The molecule has 1 unspecified atom stereocenters. The van der Waals surface area contributed by atoms with Crippen molar-refractivity contribution < 1.29 is 4.42 Å². The SMILES string of the molecule is CNC(CCc1cccs1)c1cc2ccccc2o1. The molecule has 1 atom stereocenters. The number of aryl methyl sites for hydroxylation is 1. The highest BCUT2D eigenvalue weighted by Gasteiger charge is 2.14. The van der Waals surface area contributed by atoms with Crippen molar-refractivity contribution in [2.75, 3.05) is 7.05 Å². The van der Waals surface area contributed by atoms with Crippen molar-refractivity contribution in [3.05, 3.63) is 58.5 Å². The van der Waals surface area contributed by atoms with E-state index in [1.54, 1.807) is 0 Å². The van der Waals surface area contributed by atoms with Gasteiger partial charge in [0.1, 0.15) is 11.3 Å². The van der Waals surface area contributed by atoms with E-state index in [0.29, 0.717) is 0 Å². The van der Waals surface area contributed by atoms with Gasteiger partial charge in [-0.3, -0.25) is 0 Å². The van der Waals surface area contributed by atoms with Crippen molar-refractivity contribution in [2.24, 2.45) is 0 Å². The van der Waals surface area contributed by atoms with Gasteiger partial charge in [-0.25, -0.2) is 0 Å². The minimum atomic E-state index is 0.273. The fraction of sp³-hybridized carbons (Fsp3) is 0.250. The Morgan fingerprint density at radius 2 is 2.11 bits per heavy atom.